The molecule has 6 nitrogen and oxygen atoms in total. The number of hydrogen-bond acceptors (Lipinski definition) is 6. The predicted molar refractivity (Wildman–Crippen MR) is 169 cm³/mol. The third kappa shape index (κ3) is 4.79. The molecule has 0 spiro atoms. The minimum absolute atomic E-state index is 0.0260. The van der Waals surface area contributed by atoms with Crippen LogP contribution in [0.1, 0.15) is 124 Å². The number of nitrogens with zero attached hydrogens (tertiary/aromatic N) is 2. The second-order valence-electron chi connectivity index (χ2n) is 16.1. The topological polar surface area (TPSA) is 96.0 Å². The molecule has 0 saturated heterocycles. The normalized spacial score (nSPS) is 40.2. The Morgan fingerprint density at radius 1 is 1.05 bits per heavy atom. The maximum absolute atomic E-state index is 14.8. The average Bonchev–Trinajstić information content (AvgIpc) is 3.37. The fraction of sp³-hybridized carbons (Fsp3) is 0.784. The van der Waals surface area contributed by atoms with Crippen LogP contribution in [0.5, 0.6) is 0 Å². The minimum atomic E-state index is -0.600. The van der Waals surface area contributed by atoms with E-state index in [-0.39, 0.29) is 45.2 Å². The molecule has 4 aliphatic rings. The van der Waals surface area contributed by atoms with Crippen molar-refractivity contribution in [2.45, 2.75) is 126 Å². The first kappa shape index (κ1) is 32.1. The number of unbranched alkanes of at least 4 members (excludes halogenated alkanes) is 1. The first-order chi connectivity index (χ1) is 20.2. The second kappa shape index (κ2) is 11.3. The van der Waals surface area contributed by atoms with E-state index in [0.717, 1.165) is 69.4 Å². The summed E-state index contributed by atoms with van der Waals surface area (Å²) >= 11 is 0. The number of rotatable bonds is 9. The van der Waals surface area contributed by atoms with E-state index in [9.17, 15) is 14.9 Å². The van der Waals surface area contributed by atoms with E-state index in [1.807, 2.05) is 32.9 Å². The largest absolute Gasteiger partial charge is 0.361 e. The van der Waals surface area contributed by atoms with Crippen molar-refractivity contribution in [2.75, 3.05) is 6.54 Å². The summed E-state index contributed by atoms with van der Waals surface area (Å²) in [5.74, 6) is 1.87. The third-order valence-electron chi connectivity index (χ3n) is 13.7. The van der Waals surface area contributed by atoms with E-state index in [0.29, 0.717) is 30.2 Å². The molecule has 0 aromatic carbocycles. The zero-order chi connectivity index (χ0) is 31.4. The van der Waals surface area contributed by atoms with E-state index < -0.39 is 5.41 Å². The van der Waals surface area contributed by atoms with Gasteiger partial charge in [-0.25, -0.2) is 0 Å². The quantitative estimate of drug-likeness (QED) is 0.312. The van der Waals surface area contributed by atoms with Gasteiger partial charge in [-0.05, 0) is 84.9 Å². The third-order valence-corrected chi connectivity index (χ3v) is 13.7. The predicted octanol–water partition coefficient (Wildman–Crippen LogP) is 8.15. The van der Waals surface area contributed by atoms with Gasteiger partial charge in [-0.1, -0.05) is 79.0 Å². The Balaban J connectivity index is 1.53. The van der Waals surface area contributed by atoms with Crippen molar-refractivity contribution >= 4 is 11.6 Å². The van der Waals surface area contributed by atoms with Gasteiger partial charge in [0, 0.05) is 36.9 Å². The molecule has 1 aromatic rings. The molecule has 3 saturated carbocycles. The first-order valence-electron chi connectivity index (χ1n) is 17.1. The zero-order valence-electron chi connectivity index (χ0n) is 28.1. The lowest BCUT2D eigenvalue weighted by Crippen LogP contribution is -2.68. The Kier molecular flexibility index (Phi) is 8.43. The summed E-state index contributed by atoms with van der Waals surface area (Å²) in [5.41, 5.74) is 0.188. The van der Waals surface area contributed by atoms with Gasteiger partial charge in [0.15, 0.2) is 5.78 Å². The van der Waals surface area contributed by atoms with Crippen molar-refractivity contribution < 1.29 is 14.1 Å². The van der Waals surface area contributed by atoms with Gasteiger partial charge in [-0.15, -0.1) is 0 Å². The number of hydrogen-bond donors (Lipinski definition) is 1. The summed E-state index contributed by atoms with van der Waals surface area (Å²) in [7, 11) is 0. The van der Waals surface area contributed by atoms with Crippen molar-refractivity contribution in [1.82, 2.24) is 10.5 Å². The van der Waals surface area contributed by atoms with Gasteiger partial charge in [0.1, 0.15) is 17.6 Å². The number of Topliss-reactive ketones (excluding diaryl/α,β-unsaturated/α-hetero) is 2. The van der Waals surface area contributed by atoms with Gasteiger partial charge in [0.25, 0.3) is 0 Å². The van der Waals surface area contributed by atoms with Crippen LogP contribution in [0.2, 0.25) is 0 Å². The van der Waals surface area contributed by atoms with Crippen LogP contribution in [-0.4, -0.2) is 23.3 Å². The fourth-order valence-electron chi connectivity index (χ4n) is 11.4. The highest BCUT2D eigenvalue weighted by molar-refractivity contribution is 6.04. The van der Waals surface area contributed by atoms with E-state index >= 15 is 0 Å². The molecule has 236 valence electrons. The highest BCUT2D eigenvalue weighted by Crippen LogP contribution is 2.74. The minimum Gasteiger partial charge on any atom is -0.361 e. The van der Waals surface area contributed by atoms with Crippen LogP contribution < -0.4 is 5.32 Å². The van der Waals surface area contributed by atoms with Crippen molar-refractivity contribution in [3.63, 3.8) is 0 Å². The molecule has 0 bridgehead atoms. The SMILES string of the molecule is CCCC[C@]1(CNCc2cc(C)on2)CC[C@]2(C)C(C(=O)C[C@H]3C2(C)CC[C@H]2C(C)(C)C(=O)C(C#N)=C[C@@]23C)C1CCC. The summed E-state index contributed by atoms with van der Waals surface area (Å²) in [4.78, 5) is 28.1. The van der Waals surface area contributed by atoms with Crippen molar-refractivity contribution in [1.29, 1.82) is 5.26 Å². The van der Waals surface area contributed by atoms with Crippen LogP contribution in [-0.2, 0) is 16.1 Å². The van der Waals surface area contributed by atoms with Crippen molar-refractivity contribution in [2.24, 2.45) is 50.7 Å². The van der Waals surface area contributed by atoms with Gasteiger partial charge >= 0.3 is 0 Å². The van der Waals surface area contributed by atoms with Gasteiger partial charge in [0.05, 0.1) is 11.3 Å². The number of aromatic nitrogens is 1. The first-order valence-corrected chi connectivity index (χ1v) is 17.1. The molecular formula is C37H55N3O3. The number of nitriles is 1. The Morgan fingerprint density at radius 2 is 1.79 bits per heavy atom. The monoisotopic (exact) mass is 589 g/mol. The molecule has 0 aliphatic heterocycles. The molecule has 0 amide bonds. The number of ketones is 2. The lowest BCUT2D eigenvalue weighted by molar-refractivity contribution is -0.215. The summed E-state index contributed by atoms with van der Waals surface area (Å²) in [6, 6.07) is 4.25. The summed E-state index contributed by atoms with van der Waals surface area (Å²) in [6.07, 6.45) is 12.3. The van der Waals surface area contributed by atoms with Crippen LogP contribution in [0, 0.1) is 69.0 Å². The molecule has 6 heteroatoms. The maximum Gasteiger partial charge on any atom is 0.178 e. The number of nitrogens with one attached hydrogen (secondary N) is 1. The molecule has 5 rings (SSSR count). The standard InChI is InChI=1S/C37H55N3O3/c1-9-11-14-37(23-39-22-26-18-24(3)43-40-26)17-16-36(8)31(27(37)12-10-2)28(41)19-30-34(6)20-25(21-38)32(42)33(4,5)29(34)13-15-35(30,36)7/h18,20,27,29-31,39H,9-17,19,22-23H2,1-8H3/t27?,29-,30+,31?,34-,35?,36+,37+/m0/s1. The molecule has 1 heterocycles. The highest BCUT2D eigenvalue weighted by Gasteiger charge is 2.71. The Morgan fingerprint density at radius 3 is 2.42 bits per heavy atom. The Bertz CT molecular complexity index is 1320. The molecule has 4 aliphatic carbocycles. The lowest BCUT2D eigenvalue weighted by Gasteiger charge is -2.71. The molecule has 3 unspecified atom stereocenters. The average molecular weight is 590 g/mol. The lowest BCUT2D eigenvalue weighted by atomic mass is 9.32. The summed E-state index contributed by atoms with van der Waals surface area (Å²) in [6.45, 7) is 19.3. The van der Waals surface area contributed by atoms with Crippen LogP contribution in [0.15, 0.2) is 22.2 Å². The maximum atomic E-state index is 14.8. The Hall–Kier alpha value is -2.26. The Labute approximate surface area is 259 Å². The number of allylic oxidation sites excluding steroid dienone is 2. The molecule has 8 atom stereocenters. The van der Waals surface area contributed by atoms with Crippen LogP contribution in [0.25, 0.3) is 0 Å². The zero-order valence-corrected chi connectivity index (χ0v) is 28.1. The molecule has 43 heavy (non-hydrogen) atoms. The highest BCUT2D eigenvalue weighted by atomic mass is 16.5. The van der Waals surface area contributed by atoms with Crippen molar-refractivity contribution in [3.05, 3.63) is 29.2 Å². The summed E-state index contributed by atoms with van der Waals surface area (Å²) in [5, 5.41) is 18.0. The van der Waals surface area contributed by atoms with Crippen LogP contribution in [0.3, 0.4) is 0 Å². The van der Waals surface area contributed by atoms with E-state index in [4.69, 9.17) is 4.52 Å². The van der Waals surface area contributed by atoms with Gasteiger partial charge in [0.2, 0.25) is 0 Å². The number of carbonyl (C=O) groups excluding carboxylic acids is 2. The molecular weight excluding hydrogens is 534 g/mol. The van der Waals surface area contributed by atoms with E-state index in [2.05, 4.69) is 51.2 Å². The van der Waals surface area contributed by atoms with Gasteiger partial charge in [-0.2, -0.15) is 5.26 Å². The van der Waals surface area contributed by atoms with Gasteiger partial charge < -0.3 is 9.84 Å². The molecule has 3 fully saturated rings. The second-order valence-corrected chi connectivity index (χ2v) is 16.1. The molecule has 1 N–H and O–H groups in total. The number of carbonyl (C=O) groups is 2. The summed E-state index contributed by atoms with van der Waals surface area (Å²) < 4.78 is 5.32. The van der Waals surface area contributed by atoms with E-state index in [1.54, 1.807) is 0 Å². The van der Waals surface area contributed by atoms with Crippen molar-refractivity contribution in [3.8, 4) is 6.07 Å². The van der Waals surface area contributed by atoms with E-state index in [1.165, 1.54) is 6.42 Å². The van der Waals surface area contributed by atoms with Crippen LogP contribution >= 0.6 is 0 Å². The number of aryl methyl sites for hydroxylation is 1. The smallest absolute Gasteiger partial charge is 0.178 e. The number of fused-ring (bicyclic) bond motifs is 5. The molecule has 1 aromatic heterocycles. The van der Waals surface area contributed by atoms with Crippen LogP contribution in [0.4, 0.5) is 0 Å². The molecule has 0 radical (unpaired) electrons. The fourth-order valence-corrected chi connectivity index (χ4v) is 11.4. The van der Waals surface area contributed by atoms with Gasteiger partial charge in [-0.3, -0.25) is 9.59 Å².